The van der Waals surface area contributed by atoms with E-state index in [4.69, 9.17) is 0 Å². The van der Waals surface area contributed by atoms with Gasteiger partial charge in [-0.15, -0.1) is 11.3 Å². The normalized spacial score (nSPS) is 11.3. The SMILES string of the molecule is Cc1ccc2nc(-c3csc4ccccc34)cc(=O)n2c1. The van der Waals surface area contributed by atoms with Gasteiger partial charge in [0.15, 0.2) is 0 Å². The van der Waals surface area contributed by atoms with Crippen LogP contribution in [0.1, 0.15) is 5.56 Å². The second-order valence-corrected chi connectivity index (χ2v) is 5.97. The second kappa shape index (κ2) is 4.53. The van der Waals surface area contributed by atoms with Crippen molar-refractivity contribution < 1.29 is 0 Å². The van der Waals surface area contributed by atoms with Gasteiger partial charge in [-0.2, -0.15) is 0 Å². The molecule has 0 aliphatic carbocycles. The molecule has 0 bridgehead atoms. The molecule has 0 N–H and O–H groups in total. The summed E-state index contributed by atoms with van der Waals surface area (Å²) < 4.78 is 2.80. The van der Waals surface area contributed by atoms with Crippen molar-refractivity contribution in [2.45, 2.75) is 6.92 Å². The van der Waals surface area contributed by atoms with Crippen LogP contribution < -0.4 is 5.56 Å². The average molecular weight is 292 g/mol. The highest BCUT2D eigenvalue weighted by Gasteiger charge is 2.09. The van der Waals surface area contributed by atoms with Gasteiger partial charge in [0.25, 0.3) is 5.56 Å². The number of benzene rings is 1. The Balaban J connectivity index is 2.03. The molecule has 1 aromatic carbocycles. The van der Waals surface area contributed by atoms with E-state index in [-0.39, 0.29) is 5.56 Å². The number of hydrogen-bond acceptors (Lipinski definition) is 3. The molecule has 0 spiro atoms. The van der Waals surface area contributed by atoms with E-state index in [0.29, 0.717) is 5.65 Å². The topological polar surface area (TPSA) is 34.4 Å². The maximum absolute atomic E-state index is 12.3. The molecule has 0 aliphatic heterocycles. The molecular formula is C17H12N2OS. The van der Waals surface area contributed by atoms with Gasteiger partial charge < -0.3 is 0 Å². The van der Waals surface area contributed by atoms with Crippen molar-refractivity contribution >= 4 is 27.1 Å². The molecule has 0 atom stereocenters. The van der Waals surface area contributed by atoms with Crippen LogP contribution in [-0.4, -0.2) is 9.38 Å². The van der Waals surface area contributed by atoms with Crippen LogP contribution in [-0.2, 0) is 0 Å². The lowest BCUT2D eigenvalue weighted by molar-refractivity contribution is 1.04. The zero-order valence-corrected chi connectivity index (χ0v) is 12.2. The van der Waals surface area contributed by atoms with Crippen LogP contribution in [0.5, 0.6) is 0 Å². The highest BCUT2D eigenvalue weighted by atomic mass is 32.1. The minimum absolute atomic E-state index is 0.0472. The number of thiophene rings is 1. The molecule has 4 aromatic rings. The zero-order chi connectivity index (χ0) is 14.4. The predicted molar refractivity (Wildman–Crippen MR) is 87.0 cm³/mol. The quantitative estimate of drug-likeness (QED) is 0.533. The Morgan fingerprint density at radius 2 is 2.00 bits per heavy atom. The molecule has 4 rings (SSSR count). The Bertz CT molecular complexity index is 1030. The number of aryl methyl sites for hydroxylation is 1. The highest BCUT2D eigenvalue weighted by Crippen LogP contribution is 2.32. The Morgan fingerprint density at radius 1 is 1.14 bits per heavy atom. The number of hydrogen-bond donors (Lipinski definition) is 0. The van der Waals surface area contributed by atoms with Crippen molar-refractivity contribution in [1.29, 1.82) is 0 Å². The summed E-state index contributed by atoms with van der Waals surface area (Å²) in [6.07, 6.45) is 1.82. The Morgan fingerprint density at radius 3 is 2.90 bits per heavy atom. The van der Waals surface area contributed by atoms with Crippen molar-refractivity contribution in [2.24, 2.45) is 0 Å². The van der Waals surface area contributed by atoms with E-state index in [0.717, 1.165) is 22.2 Å². The predicted octanol–water partition coefficient (Wildman–Crippen LogP) is 3.88. The van der Waals surface area contributed by atoms with Gasteiger partial charge >= 0.3 is 0 Å². The first-order valence-corrected chi connectivity index (χ1v) is 7.57. The lowest BCUT2D eigenvalue weighted by Crippen LogP contribution is -2.14. The van der Waals surface area contributed by atoms with Crippen LogP contribution in [0, 0.1) is 6.92 Å². The Kier molecular flexibility index (Phi) is 2.65. The second-order valence-electron chi connectivity index (χ2n) is 5.06. The monoisotopic (exact) mass is 292 g/mol. The van der Waals surface area contributed by atoms with Gasteiger partial charge in [0.2, 0.25) is 0 Å². The molecule has 3 nitrogen and oxygen atoms in total. The summed E-state index contributed by atoms with van der Waals surface area (Å²) in [4.78, 5) is 16.9. The van der Waals surface area contributed by atoms with Crippen molar-refractivity contribution in [3.8, 4) is 11.3 Å². The first kappa shape index (κ1) is 12.3. The third kappa shape index (κ3) is 1.96. The lowest BCUT2D eigenvalue weighted by Gasteiger charge is -2.04. The molecule has 0 radical (unpaired) electrons. The van der Waals surface area contributed by atoms with E-state index >= 15 is 0 Å². The molecule has 0 amide bonds. The van der Waals surface area contributed by atoms with E-state index in [9.17, 15) is 4.79 Å². The maximum atomic E-state index is 12.3. The summed E-state index contributed by atoms with van der Waals surface area (Å²) in [6, 6.07) is 13.7. The molecule has 3 heterocycles. The van der Waals surface area contributed by atoms with E-state index in [1.807, 2.05) is 37.4 Å². The first-order valence-electron chi connectivity index (χ1n) is 6.69. The lowest BCUT2D eigenvalue weighted by atomic mass is 10.1. The van der Waals surface area contributed by atoms with Gasteiger partial charge in [-0.25, -0.2) is 4.98 Å². The summed E-state index contributed by atoms with van der Waals surface area (Å²) >= 11 is 1.67. The van der Waals surface area contributed by atoms with E-state index < -0.39 is 0 Å². The van der Waals surface area contributed by atoms with Crippen LogP contribution in [0.4, 0.5) is 0 Å². The summed E-state index contributed by atoms with van der Waals surface area (Å²) in [6.45, 7) is 1.96. The summed E-state index contributed by atoms with van der Waals surface area (Å²) in [5.41, 5.74) is 3.43. The third-order valence-corrected chi connectivity index (χ3v) is 4.53. The third-order valence-electron chi connectivity index (χ3n) is 3.56. The standard InChI is InChI=1S/C17H12N2OS/c1-11-6-7-16-18-14(8-17(20)19(16)9-11)13-10-21-15-5-3-2-4-12(13)15/h2-10H,1H3. The number of aromatic nitrogens is 2. The van der Waals surface area contributed by atoms with Gasteiger partial charge in [-0.1, -0.05) is 24.3 Å². The largest absolute Gasteiger partial charge is 0.269 e. The molecule has 21 heavy (non-hydrogen) atoms. The molecule has 3 aromatic heterocycles. The Hall–Kier alpha value is -2.46. The van der Waals surface area contributed by atoms with Gasteiger partial charge in [-0.3, -0.25) is 9.20 Å². The molecular weight excluding hydrogens is 280 g/mol. The van der Waals surface area contributed by atoms with Crippen LogP contribution in [0.25, 0.3) is 27.0 Å². The zero-order valence-electron chi connectivity index (χ0n) is 11.4. The van der Waals surface area contributed by atoms with Crippen LogP contribution in [0.3, 0.4) is 0 Å². The minimum atomic E-state index is -0.0472. The number of fused-ring (bicyclic) bond motifs is 2. The van der Waals surface area contributed by atoms with Crippen molar-refractivity contribution in [1.82, 2.24) is 9.38 Å². The number of rotatable bonds is 1. The maximum Gasteiger partial charge on any atom is 0.258 e. The van der Waals surface area contributed by atoms with Crippen LogP contribution in [0.2, 0.25) is 0 Å². The first-order chi connectivity index (χ1) is 10.2. The van der Waals surface area contributed by atoms with Crippen molar-refractivity contribution in [3.63, 3.8) is 0 Å². The van der Waals surface area contributed by atoms with Gasteiger partial charge in [0.05, 0.1) is 5.69 Å². The summed E-state index contributed by atoms with van der Waals surface area (Å²) in [7, 11) is 0. The van der Waals surface area contributed by atoms with Crippen LogP contribution >= 0.6 is 11.3 Å². The van der Waals surface area contributed by atoms with Crippen LogP contribution in [0.15, 0.2) is 58.8 Å². The molecule has 0 aliphatic rings. The van der Waals surface area contributed by atoms with Crippen molar-refractivity contribution in [2.75, 3.05) is 0 Å². The van der Waals surface area contributed by atoms with Crippen molar-refractivity contribution in [3.05, 3.63) is 70.0 Å². The molecule has 102 valence electrons. The highest BCUT2D eigenvalue weighted by molar-refractivity contribution is 7.17. The fourth-order valence-electron chi connectivity index (χ4n) is 2.52. The van der Waals surface area contributed by atoms with Gasteiger partial charge in [-0.05, 0) is 24.6 Å². The molecule has 0 saturated carbocycles. The number of nitrogens with zero attached hydrogens (tertiary/aromatic N) is 2. The molecule has 0 fully saturated rings. The molecule has 0 saturated heterocycles. The van der Waals surface area contributed by atoms with E-state index in [1.165, 1.54) is 4.70 Å². The van der Waals surface area contributed by atoms with Gasteiger partial charge in [0, 0.05) is 33.3 Å². The fraction of sp³-hybridized carbons (Fsp3) is 0.0588. The summed E-state index contributed by atoms with van der Waals surface area (Å²) in [5, 5.41) is 3.21. The molecule has 4 heteroatoms. The van der Waals surface area contributed by atoms with E-state index in [2.05, 4.69) is 22.5 Å². The fourth-order valence-corrected chi connectivity index (χ4v) is 3.48. The van der Waals surface area contributed by atoms with E-state index in [1.54, 1.807) is 21.8 Å². The molecule has 0 unspecified atom stereocenters. The minimum Gasteiger partial charge on any atom is -0.269 e. The van der Waals surface area contributed by atoms with Gasteiger partial charge in [0.1, 0.15) is 5.65 Å². The Labute approximate surface area is 125 Å². The average Bonchev–Trinajstić information content (AvgIpc) is 2.92. The number of pyridine rings is 1. The smallest absolute Gasteiger partial charge is 0.258 e. The summed E-state index contributed by atoms with van der Waals surface area (Å²) in [5.74, 6) is 0.